The van der Waals surface area contributed by atoms with Crippen molar-refractivity contribution in [1.82, 2.24) is 4.90 Å². The van der Waals surface area contributed by atoms with Crippen LogP contribution in [0.5, 0.6) is 5.75 Å². The lowest BCUT2D eigenvalue weighted by Crippen LogP contribution is -2.41. The lowest BCUT2D eigenvalue weighted by molar-refractivity contribution is -0.0493. The summed E-state index contributed by atoms with van der Waals surface area (Å²) in [6.45, 7) is -1.84. The first-order valence-corrected chi connectivity index (χ1v) is 8.85. The van der Waals surface area contributed by atoms with Gasteiger partial charge in [-0.05, 0) is 55.0 Å². The summed E-state index contributed by atoms with van der Waals surface area (Å²) in [5.41, 5.74) is 1.17. The van der Waals surface area contributed by atoms with Crippen LogP contribution in [-0.2, 0) is 6.42 Å². The molecule has 4 nitrogen and oxygen atoms in total. The van der Waals surface area contributed by atoms with E-state index < -0.39 is 6.61 Å². The summed E-state index contributed by atoms with van der Waals surface area (Å²) in [5, 5.41) is 2.64. The van der Waals surface area contributed by atoms with Crippen molar-refractivity contribution < 1.29 is 22.7 Å². The van der Waals surface area contributed by atoms with Gasteiger partial charge in [0.1, 0.15) is 11.6 Å². The van der Waals surface area contributed by atoms with Gasteiger partial charge in [0.15, 0.2) is 0 Å². The van der Waals surface area contributed by atoms with Gasteiger partial charge in [-0.1, -0.05) is 24.3 Å². The molecule has 0 bridgehead atoms. The maximum atomic E-state index is 13.3. The van der Waals surface area contributed by atoms with Crippen molar-refractivity contribution in [2.24, 2.45) is 5.92 Å². The number of para-hydroxylation sites is 2. The van der Waals surface area contributed by atoms with Crippen LogP contribution in [0.2, 0.25) is 0 Å². The second kappa shape index (κ2) is 8.79. The molecule has 0 saturated carbocycles. The van der Waals surface area contributed by atoms with Crippen LogP contribution in [0.3, 0.4) is 0 Å². The first-order valence-electron chi connectivity index (χ1n) is 8.85. The van der Waals surface area contributed by atoms with Gasteiger partial charge >= 0.3 is 12.6 Å². The van der Waals surface area contributed by atoms with E-state index in [1.165, 1.54) is 18.2 Å². The number of anilines is 1. The molecule has 1 aliphatic heterocycles. The smallest absolute Gasteiger partial charge is 0.387 e. The van der Waals surface area contributed by atoms with Crippen LogP contribution in [-0.4, -0.2) is 30.6 Å². The summed E-state index contributed by atoms with van der Waals surface area (Å²) >= 11 is 0. The number of carbonyl (C=O) groups is 1. The Hall–Kier alpha value is -2.70. The minimum Gasteiger partial charge on any atom is -0.433 e. The maximum Gasteiger partial charge on any atom is 0.387 e. The molecule has 7 heteroatoms. The molecule has 3 rings (SSSR count). The predicted octanol–water partition coefficient (Wildman–Crippen LogP) is 4.91. The molecule has 0 atom stereocenters. The zero-order valence-electron chi connectivity index (χ0n) is 14.7. The molecule has 0 radical (unpaired) electrons. The van der Waals surface area contributed by atoms with Crippen LogP contribution in [0.1, 0.15) is 18.4 Å². The zero-order chi connectivity index (χ0) is 19.2. The van der Waals surface area contributed by atoms with Gasteiger partial charge in [-0.3, -0.25) is 0 Å². The Morgan fingerprint density at radius 2 is 1.89 bits per heavy atom. The van der Waals surface area contributed by atoms with Crippen molar-refractivity contribution in [3.8, 4) is 5.75 Å². The molecule has 1 heterocycles. The number of likely N-dealkylation sites (tertiary alicyclic amines) is 1. The van der Waals surface area contributed by atoms with E-state index in [4.69, 9.17) is 0 Å². The number of urea groups is 1. The number of hydrogen-bond acceptors (Lipinski definition) is 2. The van der Waals surface area contributed by atoms with Gasteiger partial charge in [-0.25, -0.2) is 9.18 Å². The van der Waals surface area contributed by atoms with Crippen molar-refractivity contribution in [3.63, 3.8) is 0 Å². The number of amides is 2. The Kier molecular flexibility index (Phi) is 6.21. The third-order valence-corrected chi connectivity index (χ3v) is 4.66. The molecule has 2 aromatic carbocycles. The van der Waals surface area contributed by atoms with E-state index in [1.807, 2.05) is 6.07 Å². The molecule has 2 aromatic rings. The topological polar surface area (TPSA) is 41.6 Å². The maximum absolute atomic E-state index is 13.3. The SMILES string of the molecule is O=C(Nc1ccccc1OC(F)F)N1CCC(Cc2cccc(F)c2)CC1. The van der Waals surface area contributed by atoms with E-state index in [0.29, 0.717) is 19.0 Å². The van der Waals surface area contributed by atoms with E-state index in [2.05, 4.69) is 10.1 Å². The second-order valence-corrected chi connectivity index (χ2v) is 6.57. The summed E-state index contributed by atoms with van der Waals surface area (Å²) < 4.78 is 42.7. The van der Waals surface area contributed by atoms with Crippen molar-refractivity contribution in [2.45, 2.75) is 25.9 Å². The molecule has 0 aliphatic carbocycles. The number of ether oxygens (including phenoxy) is 1. The number of halogens is 3. The molecule has 144 valence electrons. The van der Waals surface area contributed by atoms with Crippen LogP contribution in [0, 0.1) is 11.7 Å². The van der Waals surface area contributed by atoms with E-state index in [1.54, 1.807) is 29.2 Å². The van der Waals surface area contributed by atoms with E-state index in [9.17, 15) is 18.0 Å². The van der Waals surface area contributed by atoms with Crippen LogP contribution in [0.15, 0.2) is 48.5 Å². The lowest BCUT2D eigenvalue weighted by atomic mass is 9.90. The number of hydrogen-bond donors (Lipinski definition) is 1. The first-order chi connectivity index (χ1) is 13.0. The summed E-state index contributed by atoms with van der Waals surface area (Å²) in [5.74, 6) is 0.0705. The lowest BCUT2D eigenvalue weighted by Gasteiger charge is -2.32. The number of alkyl halides is 2. The average Bonchev–Trinajstić information content (AvgIpc) is 2.63. The normalized spacial score (nSPS) is 15.0. The third-order valence-electron chi connectivity index (χ3n) is 4.66. The Morgan fingerprint density at radius 3 is 2.59 bits per heavy atom. The number of benzene rings is 2. The van der Waals surface area contributed by atoms with E-state index in [-0.39, 0.29) is 23.3 Å². The fourth-order valence-electron chi connectivity index (χ4n) is 3.30. The molecule has 1 fully saturated rings. The fraction of sp³-hybridized carbons (Fsp3) is 0.350. The standard InChI is InChI=1S/C20H21F3N2O2/c21-16-5-3-4-15(13-16)12-14-8-10-25(11-9-14)20(26)24-17-6-1-2-7-18(17)27-19(22)23/h1-7,13-14,19H,8-12H2,(H,24,26). The van der Waals surface area contributed by atoms with E-state index in [0.717, 1.165) is 24.8 Å². The summed E-state index contributed by atoms with van der Waals surface area (Å²) in [6, 6.07) is 12.3. The highest BCUT2D eigenvalue weighted by molar-refractivity contribution is 5.91. The van der Waals surface area contributed by atoms with Crippen LogP contribution < -0.4 is 10.1 Å². The van der Waals surface area contributed by atoms with Gasteiger partial charge in [0, 0.05) is 13.1 Å². The van der Waals surface area contributed by atoms with Gasteiger partial charge in [0.25, 0.3) is 0 Å². The molecule has 0 spiro atoms. The molecule has 0 unspecified atom stereocenters. The predicted molar refractivity (Wildman–Crippen MR) is 96.5 cm³/mol. The van der Waals surface area contributed by atoms with E-state index >= 15 is 0 Å². The minimum absolute atomic E-state index is 0.0677. The Bertz CT molecular complexity index is 777. The monoisotopic (exact) mass is 378 g/mol. The highest BCUT2D eigenvalue weighted by Gasteiger charge is 2.24. The van der Waals surface area contributed by atoms with Gasteiger partial charge < -0.3 is 15.0 Å². The third kappa shape index (κ3) is 5.39. The minimum atomic E-state index is -2.96. The number of nitrogens with zero attached hydrogens (tertiary/aromatic N) is 1. The average molecular weight is 378 g/mol. The molecule has 1 saturated heterocycles. The first kappa shape index (κ1) is 19.1. The van der Waals surface area contributed by atoms with Crippen LogP contribution in [0.4, 0.5) is 23.7 Å². The quantitative estimate of drug-likeness (QED) is 0.803. The Balaban J connectivity index is 1.53. The molecular weight excluding hydrogens is 357 g/mol. The highest BCUT2D eigenvalue weighted by atomic mass is 19.3. The number of rotatable bonds is 5. The molecule has 27 heavy (non-hydrogen) atoms. The van der Waals surface area contributed by atoms with Crippen molar-refractivity contribution in [2.75, 3.05) is 18.4 Å². The molecular formula is C20H21F3N2O2. The van der Waals surface area contributed by atoms with Gasteiger partial charge in [-0.15, -0.1) is 0 Å². The Morgan fingerprint density at radius 1 is 1.15 bits per heavy atom. The molecule has 0 aromatic heterocycles. The number of piperidine rings is 1. The molecule has 1 aliphatic rings. The van der Waals surface area contributed by atoms with Gasteiger partial charge in [-0.2, -0.15) is 8.78 Å². The molecule has 2 amide bonds. The van der Waals surface area contributed by atoms with Crippen LogP contribution in [0.25, 0.3) is 0 Å². The highest BCUT2D eigenvalue weighted by Crippen LogP contribution is 2.27. The van der Waals surface area contributed by atoms with Gasteiger partial charge in [0.05, 0.1) is 5.69 Å². The van der Waals surface area contributed by atoms with Gasteiger partial charge in [0.2, 0.25) is 0 Å². The summed E-state index contributed by atoms with van der Waals surface area (Å²) in [4.78, 5) is 14.1. The summed E-state index contributed by atoms with van der Waals surface area (Å²) in [7, 11) is 0. The Labute approximate surface area is 155 Å². The number of nitrogens with one attached hydrogen (secondary N) is 1. The largest absolute Gasteiger partial charge is 0.433 e. The van der Waals surface area contributed by atoms with Crippen molar-refractivity contribution >= 4 is 11.7 Å². The molecule has 1 N–H and O–H groups in total. The fourth-order valence-corrected chi connectivity index (χ4v) is 3.30. The van der Waals surface area contributed by atoms with Crippen molar-refractivity contribution in [1.29, 1.82) is 0 Å². The van der Waals surface area contributed by atoms with Crippen LogP contribution >= 0.6 is 0 Å². The van der Waals surface area contributed by atoms with Crippen molar-refractivity contribution in [3.05, 3.63) is 59.9 Å². The second-order valence-electron chi connectivity index (χ2n) is 6.57. The summed E-state index contributed by atoms with van der Waals surface area (Å²) in [6.07, 6.45) is 2.39. The number of carbonyl (C=O) groups excluding carboxylic acids is 1. The zero-order valence-corrected chi connectivity index (χ0v) is 14.7.